The molecule has 2 heterocycles. The summed E-state index contributed by atoms with van der Waals surface area (Å²) in [7, 11) is 0. The lowest BCUT2D eigenvalue weighted by atomic mass is 10.1. The van der Waals surface area contributed by atoms with Gasteiger partial charge in [0.25, 0.3) is 5.91 Å². The van der Waals surface area contributed by atoms with E-state index in [2.05, 4.69) is 46.5 Å². The van der Waals surface area contributed by atoms with Gasteiger partial charge in [-0.2, -0.15) is 16.9 Å². The molecule has 1 aliphatic rings. The van der Waals surface area contributed by atoms with Crippen LogP contribution in [0.2, 0.25) is 0 Å². The van der Waals surface area contributed by atoms with Gasteiger partial charge < -0.3 is 10.2 Å². The first-order valence-electron chi connectivity index (χ1n) is 10.4. The number of nitrogens with one attached hydrogen (secondary N) is 1. The summed E-state index contributed by atoms with van der Waals surface area (Å²) in [6, 6.07) is 16.4. The van der Waals surface area contributed by atoms with Crippen LogP contribution in [-0.2, 0) is 6.54 Å². The molecule has 0 unspecified atom stereocenters. The normalized spacial score (nSPS) is 14.0. The predicted octanol–water partition coefficient (Wildman–Crippen LogP) is 4.66. The quantitative estimate of drug-likeness (QED) is 0.652. The molecule has 0 atom stereocenters. The van der Waals surface area contributed by atoms with Gasteiger partial charge in [0.2, 0.25) is 0 Å². The summed E-state index contributed by atoms with van der Waals surface area (Å²) < 4.78 is 1.91. The Morgan fingerprint density at radius 3 is 2.50 bits per heavy atom. The largest absolute Gasteiger partial charge is 0.370 e. The molecule has 1 aromatic heterocycles. The molecular weight excluding hydrogens is 392 g/mol. The maximum atomic E-state index is 13.0. The average Bonchev–Trinajstić information content (AvgIpc) is 3.02. The van der Waals surface area contributed by atoms with Crippen molar-refractivity contribution in [3.63, 3.8) is 0 Å². The lowest BCUT2D eigenvalue weighted by molar-refractivity contribution is 0.102. The first-order chi connectivity index (χ1) is 14.5. The Hall–Kier alpha value is -2.73. The number of amides is 1. The van der Waals surface area contributed by atoms with Crippen molar-refractivity contribution in [2.45, 2.75) is 27.3 Å². The molecule has 1 amide bonds. The van der Waals surface area contributed by atoms with Crippen LogP contribution in [0.15, 0.2) is 48.5 Å². The molecule has 0 radical (unpaired) electrons. The fourth-order valence-electron chi connectivity index (χ4n) is 4.02. The molecule has 1 saturated heterocycles. The second-order valence-corrected chi connectivity index (χ2v) is 8.97. The van der Waals surface area contributed by atoms with Crippen molar-refractivity contribution in [3.05, 3.63) is 76.6 Å². The van der Waals surface area contributed by atoms with Crippen LogP contribution in [-0.4, -0.2) is 40.3 Å². The van der Waals surface area contributed by atoms with Gasteiger partial charge in [0.05, 0.1) is 17.8 Å². The molecule has 2 aromatic carbocycles. The molecule has 1 N–H and O–H groups in total. The topological polar surface area (TPSA) is 50.2 Å². The van der Waals surface area contributed by atoms with E-state index in [1.807, 2.05) is 54.6 Å². The minimum Gasteiger partial charge on any atom is -0.370 e. The number of benzene rings is 2. The van der Waals surface area contributed by atoms with E-state index < -0.39 is 0 Å². The third kappa shape index (κ3) is 4.38. The number of aryl methyl sites for hydroxylation is 2. The third-order valence-corrected chi connectivity index (χ3v) is 6.53. The van der Waals surface area contributed by atoms with Crippen LogP contribution in [0.4, 0.5) is 11.4 Å². The van der Waals surface area contributed by atoms with E-state index in [9.17, 15) is 4.79 Å². The highest BCUT2D eigenvalue weighted by molar-refractivity contribution is 7.99. The fraction of sp³-hybridized carbons (Fsp3) is 0.333. The summed E-state index contributed by atoms with van der Waals surface area (Å²) in [6.07, 6.45) is 0. The van der Waals surface area contributed by atoms with Crippen molar-refractivity contribution < 1.29 is 4.79 Å². The molecule has 156 valence electrons. The van der Waals surface area contributed by atoms with Gasteiger partial charge in [0.1, 0.15) is 0 Å². The monoisotopic (exact) mass is 420 g/mol. The Kier molecular flexibility index (Phi) is 6.13. The van der Waals surface area contributed by atoms with E-state index in [1.54, 1.807) is 0 Å². The number of anilines is 2. The van der Waals surface area contributed by atoms with E-state index in [-0.39, 0.29) is 5.91 Å². The maximum Gasteiger partial charge on any atom is 0.259 e. The van der Waals surface area contributed by atoms with Gasteiger partial charge in [0, 0.05) is 41.7 Å². The minimum absolute atomic E-state index is 0.106. The van der Waals surface area contributed by atoms with E-state index in [1.165, 1.54) is 22.8 Å². The van der Waals surface area contributed by atoms with Crippen LogP contribution in [0.5, 0.6) is 0 Å². The summed E-state index contributed by atoms with van der Waals surface area (Å²) in [5.74, 6) is 2.23. The van der Waals surface area contributed by atoms with Crippen molar-refractivity contribution in [2.24, 2.45) is 0 Å². The van der Waals surface area contributed by atoms with Gasteiger partial charge >= 0.3 is 0 Å². The highest BCUT2D eigenvalue weighted by atomic mass is 32.2. The molecule has 4 rings (SSSR count). The number of carbonyl (C=O) groups excluding carboxylic acids is 1. The summed E-state index contributed by atoms with van der Waals surface area (Å²) in [4.78, 5) is 15.5. The smallest absolute Gasteiger partial charge is 0.259 e. The maximum absolute atomic E-state index is 13.0. The van der Waals surface area contributed by atoms with Crippen LogP contribution in [0.1, 0.15) is 32.9 Å². The molecule has 0 bridgehead atoms. The molecule has 0 saturated carbocycles. The zero-order valence-corrected chi connectivity index (χ0v) is 18.6. The van der Waals surface area contributed by atoms with E-state index in [0.29, 0.717) is 12.1 Å². The Morgan fingerprint density at radius 1 is 1.07 bits per heavy atom. The fourth-order valence-corrected chi connectivity index (χ4v) is 4.92. The molecule has 6 heteroatoms. The minimum atomic E-state index is -0.106. The predicted molar refractivity (Wildman–Crippen MR) is 126 cm³/mol. The van der Waals surface area contributed by atoms with Gasteiger partial charge in [-0.1, -0.05) is 30.3 Å². The van der Waals surface area contributed by atoms with Crippen LogP contribution in [0.3, 0.4) is 0 Å². The molecule has 0 spiro atoms. The Labute approximate surface area is 182 Å². The molecule has 3 aromatic rings. The number of nitrogens with zero attached hydrogens (tertiary/aromatic N) is 3. The van der Waals surface area contributed by atoms with Gasteiger partial charge in [-0.3, -0.25) is 9.48 Å². The van der Waals surface area contributed by atoms with Crippen LogP contribution >= 0.6 is 11.8 Å². The molecular formula is C24H28N4OS. The SMILES string of the molecule is Cc1cc(NC(=O)c2c(C)nn(Cc3ccccc3)c2C)ccc1N1CCSCC1. The van der Waals surface area contributed by atoms with E-state index in [4.69, 9.17) is 0 Å². The number of hydrogen-bond acceptors (Lipinski definition) is 4. The van der Waals surface area contributed by atoms with E-state index >= 15 is 0 Å². The molecule has 5 nitrogen and oxygen atoms in total. The molecule has 30 heavy (non-hydrogen) atoms. The first kappa shape index (κ1) is 20.5. The second kappa shape index (κ2) is 8.96. The second-order valence-electron chi connectivity index (χ2n) is 7.74. The van der Waals surface area contributed by atoms with Crippen LogP contribution in [0, 0.1) is 20.8 Å². The van der Waals surface area contributed by atoms with Gasteiger partial charge in [-0.25, -0.2) is 0 Å². The molecule has 0 aliphatic carbocycles. The van der Waals surface area contributed by atoms with Crippen molar-refractivity contribution >= 4 is 29.0 Å². The van der Waals surface area contributed by atoms with Crippen molar-refractivity contribution in [1.29, 1.82) is 0 Å². The third-order valence-electron chi connectivity index (χ3n) is 5.59. The van der Waals surface area contributed by atoms with Crippen LogP contribution in [0.25, 0.3) is 0 Å². The van der Waals surface area contributed by atoms with Crippen molar-refractivity contribution in [2.75, 3.05) is 34.8 Å². The summed E-state index contributed by atoms with van der Waals surface area (Å²) in [5, 5.41) is 7.68. The number of hydrogen-bond donors (Lipinski definition) is 1. The summed E-state index contributed by atoms with van der Waals surface area (Å²) >= 11 is 2.01. The van der Waals surface area contributed by atoms with Crippen molar-refractivity contribution in [3.8, 4) is 0 Å². The molecule has 1 fully saturated rings. The number of aromatic nitrogens is 2. The highest BCUT2D eigenvalue weighted by Crippen LogP contribution is 2.27. The number of thioether (sulfide) groups is 1. The van der Waals surface area contributed by atoms with Gasteiger partial charge in [-0.15, -0.1) is 0 Å². The zero-order chi connectivity index (χ0) is 21.1. The number of carbonyl (C=O) groups is 1. The lowest BCUT2D eigenvalue weighted by Crippen LogP contribution is -2.32. The lowest BCUT2D eigenvalue weighted by Gasteiger charge is -2.30. The Morgan fingerprint density at radius 2 is 1.80 bits per heavy atom. The van der Waals surface area contributed by atoms with Crippen LogP contribution < -0.4 is 10.2 Å². The Balaban J connectivity index is 1.50. The molecule has 1 aliphatic heterocycles. The zero-order valence-electron chi connectivity index (χ0n) is 17.8. The Bertz CT molecular complexity index is 1040. The summed E-state index contributed by atoms with van der Waals surface area (Å²) in [5.41, 5.74) is 6.72. The first-order valence-corrected chi connectivity index (χ1v) is 11.5. The standard InChI is InChI=1S/C24H28N4OS/c1-17-15-21(9-10-22(17)27-11-13-30-14-12-27)25-24(29)23-18(2)26-28(19(23)3)16-20-7-5-4-6-8-20/h4-10,15H,11-14,16H2,1-3H3,(H,25,29). The number of rotatable bonds is 5. The van der Waals surface area contributed by atoms with Crippen molar-refractivity contribution in [1.82, 2.24) is 9.78 Å². The average molecular weight is 421 g/mol. The summed E-state index contributed by atoms with van der Waals surface area (Å²) in [6.45, 7) is 8.78. The highest BCUT2D eigenvalue weighted by Gasteiger charge is 2.20. The van der Waals surface area contributed by atoms with E-state index in [0.717, 1.165) is 35.7 Å². The van der Waals surface area contributed by atoms with Gasteiger partial charge in [0.15, 0.2) is 0 Å². The van der Waals surface area contributed by atoms with Gasteiger partial charge in [-0.05, 0) is 50.1 Å².